The third-order valence-corrected chi connectivity index (χ3v) is 4.53. The first kappa shape index (κ1) is 12.0. The van der Waals surface area contributed by atoms with Crippen LogP contribution in [0.25, 0.3) is 0 Å². The van der Waals surface area contributed by atoms with Crippen molar-refractivity contribution >= 4 is 0 Å². The predicted molar refractivity (Wildman–Crippen MR) is 73.9 cm³/mol. The number of fused-ring (bicyclic) bond motifs is 1. The van der Waals surface area contributed by atoms with Crippen LogP contribution in [-0.2, 0) is 0 Å². The third-order valence-electron chi connectivity index (χ3n) is 4.53. The highest BCUT2D eigenvalue weighted by Crippen LogP contribution is 2.46. The summed E-state index contributed by atoms with van der Waals surface area (Å²) in [5.74, 6) is 1.57. The van der Waals surface area contributed by atoms with E-state index in [1.807, 2.05) is 0 Å². The minimum absolute atomic E-state index is 0.0474. The van der Waals surface area contributed by atoms with Crippen molar-refractivity contribution in [1.29, 1.82) is 0 Å². The molecule has 2 aliphatic rings. The van der Waals surface area contributed by atoms with Crippen LogP contribution in [0.3, 0.4) is 0 Å². The van der Waals surface area contributed by atoms with Crippen molar-refractivity contribution in [3.8, 4) is 5.75 Å². The van der Waals surface area contributed by atoms with E-state index < -0.39 is 0 Å². The van der Waals surface area contributed by atoms with E-state index in [-0.39, 0.29) is 11.6 Å². The van der Waals surface area contributed by atoms with Crippen molar-refractivity contribution in [1.82, 2.24) is 0 Å². The highest BCUT2D eigenvalue weighted by molar-refractivity contribution is 5.42. The van der Waals surface area contributed by atoms with E-state index in [0.29, 0.717) is 5.92 Å². The Morgan fingerprint density at radius 2 is 2.00 bits per heavy atom. The van der Waals surface area contributed by atoms with Crippen LogP contribution in [0.1, 0.15) is 69.0 Å². The smallest absolute Gasteiger partial charge is 0.124 e. The fourth-order valence-corrected chi connectivity index (χ4v) is 3.42. The topological polar surface area (TPSA) is 35.2 Å². The first-order valence-corrected chi connectivity index (χ1v) is 7.18. The maximum absolute atomic E-state index is 6.39. The van der Waals surface area contributed by atoms with E-state index in [0.717, 1.165) is 12.2 Å². The second kappa shape index (κ2) is 4.27. The minimum atomic E-state index is 0.0474. The van der Waals surface area contributed by atoms with Crippen LogP contribution in [0.5, 0.6) is 5.75 Å². The second-order valence-electron chi connectivity index (χ2n) is 6.25. The summed E-state index contributed by atoms with van der Waals surface area (Å²) >= 11 is 0. The molecule has 1 fully saturated rings. The first-order valence-electron chi connectivity index (χ1n) is 7.18. The third kappa shape index (κ3) is 1.93. The van der Waals surface area contributed by atoms with Gasteiger partial charge >= 0.3 is 0 Å². The molecule has 1 aromatic carbocycles. The number of nitrogens with two attached hydrogens (primary N) is 1. The van der Waals surface area contributed by atoms with Gasteiger partial charge in [0.05, 0.1) is 0 Å². The van der Waals surface area contributed by atoms with Crippen LogP contribution in [0, 0.1) is 0 Å². The zero-order valence-corrected chi connectivity index (χ0v) is 11.4. The van der Waals surface area contributed by atoms with Crippen LogP contribution < -0.4 is 10.5 Å². The molecule has 1 spiro atoms. The number of hydrogen-bond donors (Lipinski definition) is 1. The lowest BCUT2D eigenvalue weighted by molar-refractivity contribution is 0.0426. The van der Waals surface area contributed by atoms with Gasteiger partial charge in [-0.25, -0.2) is 0 Å². The maximum atomic E-state index is 6.39. The van der Waals surface area contributed by atoms with Gasteiger partial charge in [-0.05, 0) is 43.2 Å². The van der Waals surface area contributed by atoms with Gasteiger partial charge in [0.1, 0.15) is 11.4 Å². The molecule has 0 radical (unpaired) electrons. The molecule has 1 aromatic rings. The first-order chi connectivity index (χ1) is 8.60. The van der Waals surface area contributed by atoms with Gasteiger partial charge in [-0.2, -0.15) is 0 Å². The van der Waals surface area contributed by atoms with Crippen LogP contribution in [0.15, 0.2) is 18.2 Å². The van der Waals surface area contributed by atoms with Crippen molar-refractivity contribution in [2.75, 3.05) is 0 Å². The molecule has 2 nitrogen and oxygen atoms in total. The summed E-state index contributed by atoms with van der Waals surface area (Å²) in [5, 5.41) is 0. The summed E-state index contributed by atoms with van der Waals surface area (Å²) < 4.78 is 6.31. The molecular formula is C16H23NO. The fraction of sp³-hybridized carbons (Fsp3) is 0.625. The van der Waals surface area contributed by atoms with Crippen LogP contribution in [-0.4, -0.2) is 5.60 Å². The SMILES string of the molecule is CC(C)c1ccc2c(c1)C(N)CC1(CCCC1)O2. The lowest BCUT2D eigenvalue weighted by Crippen LogP contribution is -2.40. The molecule has 1 aliphatic heterocycles. The van der Waals surface area contributed by atoms with Crippen LogP contribution in [0.4, 0.5) is 0 Å². The van der Waals surface area contributed by atoms with Crippen molar-refractivity contribution in [3.05, 3.63) is 29.3 Å². The summed E-state index contributed by atoms with van der Waals surface area (Å²) in [4.78, 5) is 0. The molecule has 1 saturated carbocycles. The maximum Gasteiger partial charge on any atom is 0.124 e. The summed E-state index contributed by atoms with van der Waals surface area (Å²) in [7, 11) is 0. The molecular weight excluding hydrogens is 222 g/mol. The van der Waals surface area contributed by atoms with Crippen LogP contribution in [0.2, 0.25) is 0 Å². The fourth-order valence-electron chi connectivity index (χ4n) is 3.42. The van der Waals surface area contributed by atoms with Crippen molar-refractivity contribution in [3.63, 3.8) is 0 Å². The molecule has 0 aromatic heterocycles. The zero-order valence-electron chi connectivity index (χ0n) is 11.4. The van der Waals surface area contributed by atoms with Gasteiger partial charge in [0.25, 0.3) is 0 Å². The normalized spacial score (nSPS) is 25.2. The van der Waals surface area contributed by atoms with E-state index in [2.05, 4.69) is 32.0 Å². The van der Waals surface area contributed by atoms with E-state index in [1.165, 1.54) is 36.8 Å². The van der Waals surface area contributed by atoms with Gasteiger partial charge in [0.2, 0.25) is 0 Å². The van der Waals surface area contributed by atoms with Gasteiger partial charge in [-0.3, -0.25) is 0 Å². The quantitative estimate of drug-likeness (QED) is 0.814. The monoisotopic (exact) mass is 245 g/mol. The average Bonchev–Trinajstić information content (AvgIpc) is 2.76. The minimum Gasteiger partial charge on any atom is -0.487 e. The lowest BCUT2D eigenvalue weighted by Gasteiger charge is -2.39. The highest BCUT2D eigenvalue weighted by Gasteiger charge is 2.42. The van der Waals surface area contributed by atoms with Crippen molar-refractivity contribution in [2.24, 2.45) is 5.73 Å². The Hall–Kier alpha value is -1.02. The molecule has 1 unspecified atom stereocenters. The Morgan fingerprint density at radius 3 is 2.67 bits per heavy atom. The Kier molecular flexibility index (Phi) is 2.86. The number of hydrogen-bond acceptors (Lipinski definition) is 2. The lowest BCUT2D eigenvalue weighted by atomic mass is 9.85. The summed E-state index contributed by atoms with van der Waals surface area (Å²) in [6.45, 7) is 4.44. The van der Waals surface area contributed by atoms with Gasteiger partial charge in [0.15, 0.2) is 0 Å². The van der Waals surface area contributed by atoms with E-state index in [1.54, 1.807) is 0 Å². The molecule has 0 saturated heterocycles. The van der Waals surface area contributed by atoms with Crippen molar-refractivity contribution < 1.29 is 4.74 Å². The molecule has 0 amide bonds. The summed E-state index contributed by atoms with van der Waals surface area (Å²) in [6.07, 6.45) is 5.90. The Balaban J connectivity index is 1.95. The zero-order chi connectivity index (χ0) is 12.8. The number of benzene rings is 1. The predicted octanol–water partition coefficient (Wildman–Crippen LogP) is 3.91. The molecule has 3 rings (SSSR count). The van der Waals surface area contributed by atoms with E-state index >= 15 is 0 Å². The van der Waals surface area contributed by atoms with Gasteiger partial charge in [-0.1, -0.05) is 26.0 Å². The van der Waals surface area contributed by atoms with E-state index in [9.17, 15) is 0 Å². The Labute approximate surface area is 110 Å². The number of ether oxygens (including phenoxy) is 1. The standard InChI is InChI=1S/C16H23NO/c1-11(2)12-5-6-15-13(9-12)14(17)10-16(18-15)7-3-4-8-16/h5-6,9,11,14H,3-4,7-8,10,17H2,1-2H3. The second-order valence-corrected chi connectivity index (χ2v) is 6.25. The molecule has 2 N–H and O–H groups in total. The van der Waals surface area contributed by atoms with Gasteiger partial charge in [0, 0.05) is 18.0 Å². The average molecular weight is 245 g/mol. The van der Waals surface area contributed by atoms with Crippen molar-refractivity contribution in [2.45, 2.75) is 63.5 Å². The number of rotatable bonds is 1. The summed E-state index contributed by atoms with van der Waals surface area (Å²) in [5.41, 5.74) is 9.00. The summed E-state index contributed by atoms with van der Waals surface area (Å²) in [6, 6.07) is 6.70. The molecule has 1 heterocycles. The molecule has 0 bridgehead atoms. The molecule has 2 heteroatoms. The largest absolute Gasteiger partial charge is 0.487 e. The highest BCUT2D eigenvalue weighted by atomic mass is 16.5. The molecule has 98 valence electrons. The molecule has 18 heavy (non-hydrogen) atoms. The Bertz CT molecular complexity index is 446. The molecule has 1 atom stereocenters. The van der Waals surface area contributed by atoms with Gasteiger partial charge < -0.3 is 10.5 Å². The van der Waals surface area contributed by atoms with Gasteiger partial charge in [-0.15, -0.1) is 0 Å². The Morgan fingerprint density at radius 1 is 1.28 bits per heavy atom. The van der Waals surface area contributed by atoms with Crippen LogP contribution >= 0.6 is 0 Å². The molecule has 1 aliphatic carbocycles. The van der Waals surface area contributed by atoms with E-state index in [4.69, 9.17) is 10.5 Å².